The summed E-state index contributed by atoms with van der Waals surface area (Å²) in [5.74, 6) is 2.01. The second-order valence-electron chi connectivity index (χ2n) is 7.37. The van der Waals surface area contributed by atoms with Crippen molar-refractivity contribution in [1.29, 1.82) is 5.26 Å². The highest BCUT2D eigenvalue weighted by Crippen LogP contribution is 2.37. The number of rotatable bonds is 8. The molecule has 0 spiro atoms. The van der Waals surface area contributed by atoms with Crippen LogP contribution in [0.4, 0.5) is 5.69 Å². The van der Waals surface area contributed by atoms with Gasteiger partial charge in [0.05, 0.1) is 10.2 Å². The Kier molecular flexibility index (Phi) is 8.15. The zero-order valence-electron chi connectivity index (χ0n) is 18.6. The summed E-state index contributed by atoms with van der Waals surface area (Å²) in [4.78, 5) is 12.7. The fourth-order valence-corrected chi connectivity index (χ4v) is 4.52. The van der Waals surface area contributed by atoms with Gasteiger partial charge in [-0.05, 0) is 89.2 Å². The molecule has 0 fully saturated rings. The third-order valence-corrected chi connectivity index (χ3v) is 6.20. The van der Waals surface area contributed by atoms with Gasteiger partial charge < -0.3 is 24.3 Å². The Labute approximate surface area is 224 Å². The number of anilines is 1. The lowest BCUT2D eigenvalue weighted by Gasteiger charge is -2.15. The van der Waals surface area contributed by atoms with Gasteiger partial charge in [-0.3, -0.25) is 4.79 Å². The first-order valence-corrected chi connectivity index (χ1v) is 12.5. The highest BCUT2D eigenvalue weighted by atomic mass is 127. The molecule has 0 unspecified atom stereocenters. The van der Waals surface area contributed by atoms with Crippen LogP contribution in [0.15, 0.2) is 64.6 Å². The van der Waals surface area contributed by atoms with Gasteiger partial charge in [0.15, 0.2) is 23.0 Å². The van der Waals surface area contributed by atoms with E-state index < -0.39 is 5.91 Å². The van der Waals surface area contributed by atoms with Crippen molar-refractivity contribution in [3.8, 4) is 29.1 Å². The predicted octanol–water partition coefficient (Wildman–Crippen LogP) is 6.31. The molecule has 1 amide bonds. The molecule has 0 bridgehead atoms. The molecule has 0 aromatic heterocycles. The number of nitriles is 1. The molecule has 0 radical (unpaired) electrons. The normalized spacial score (nSPS) is 12.1. The molecule has 1 aliphatic heterocycles. The fourth-order valence-electron chi connectivity index (χ4n) is 3.34. The summed E-state index contributed by atoms with van der Waals surface area (Å²) in [6.45, 7) is 2.83. The van der Waals surface area contributed by atoms with Crippen molar-refractivity contribution in [1.82, 2.24) is 0 Å². The number of fused-ring (bicyclic) bond motifs is 1. The molecule has 35 heavy (non-hydrogen) atoms. The molecule has 1 aliphatic rings. The molecule has 1 heterocycles. The average molecular weight is 647 g/mol. The number of benzene rings is 3. The minimum Gasteiger partial charge on any atom is -0.490 e. The van der Waals surface area contributed by atoms with Crippen LogP contribution in [0.2, 0.25) is 0 Å². The van der Waals surface area contributed by atoms with Crippen LogP contribution in [-0.4, -0.2) is 19.3 Å². The van der Waals surface area contributed by atoms with Gasteiger partial charge in [0.25, 0.3) is 5.91 Å². The molecule has 0 aliphatic carbocycles. The zero-order valence-corrected chi connectivity index (χ0v) is 22.4. The van der Waals surface area contributed by atoms with Gasteiger partial charge in [-0.2, -0.15) is 5.26 Å². The first kappa shape index (κ1) is 24.9. The highest BCUT2D eigenvalue weighted by Gasteiger charge is 2.17. The smallest absolute Gasteiger partial charge is 0.266 e. The lowest BCUT2D eigenvalue weighted by atomic mass is 10.1. The first-order valence-electron chi connectivity index (χ1n) is 10.6. The van der Waals surface area contributed by atoms with Crippen LogP contribution in [-0.2, 0) is 11.4 Å². The molecule has 0 saturated carbocycles. The molecule has 1 N–H and O–H groups in total. The van der Waals surface area contributed by atoms with Crippen LogP contribution in [0.25, 0.3) is 6.08 Å². The molecule has 0 saturated heterocycles. The molecule has 7 nitrogen and oxygen atoms in total. The highest BCUT2D eigenvalue weighted by molar-refractivity contribution is 14.1. The summed E-state index contributed by atoms with van der Waals surface area (Å²) in [6.07, 6.45) is 1.53. The van der Waals surface area contributed by atoms with E-state index in [2.05, 4.69) is 43.8 Å². The fraction of sp³-hybridized carbons (Fsp3) is 0.154. The van der Waals surface area contributed by atoms with E-state index in [0.29, 0.717) is 47.5 Å². The van der Waals surface area contributed by atoms with E-state index >= 15 is 0 Å². The monoisotopic (exact) mass is 646 g/mol. The Bertz CT molecular complexity index is 1340. The van der Waals surface area contributed by atoms with E-state index in [1.165, 1.54) is 6.08 Å². The summed E-state index contributed by atoms with van der Waals surface area (Å²) < 4.78 is 24.3. The molecule has 178 valence electrons. The maximum absolute atomic E-state index is 12.7. The van der Waals surface area contributed by atoms with Gasteiger partial charge in [0.2, 0.25) is 6.79 Å². The van der Waals surface area contributed by atoms with Crippen molar-refractivity contribution < 1.29 is 23.7 Å². The van der Waals surface area contributed by atoms with Crippen LogP contribution in [0.1, 0.15) is 18.1 Å². The molecule has 3 aromatic rings. The second kappa shape index (κ2) is 11.5. The van der Waals surface area contributed by atoms with Gasteiger partial charge in [0, 0.05) is 10.2 Å². The van der Waals surface area contributed by atoms with Gasteiger partial charge in [-0.25, -0.2) is 0 Å². The Balaban J connectivity index is 1.54. The van der Waals surface area contributed by atoms with Crippen LogP contribution in [0.3, 0.4) is 0 Å². The maximum atomic E-state index is 12.7. The number of carbonyl (C=O) groups excluding carboxylic acids is 1. The number of halogens is 2. The Morgan fingerprint density at radius 2 is 2.00 bits per heavy atom. The molecule has 9 heteroatoms. The van der Waals surface area contributed by atoms with E-state index in [1.807, 2.05) is 43.3 Å². The number of amides is 1. The average Bonchev–Trinajstić information content (AvgIpc) is 3.30. The first-order chi connectivity index (χ1) is 17.0. The number of ether oxygens (including phenoxy) is 4. The molecule has 4 rings (SSSR count). The number of carbonyl (C=O) groups is 1. The summed E-state index contributed by atoms with van der Waals surface area (Å²) in [5.41, 5.74) is 2.13. The number of hydrogen-bond donors (Lipinski definition) is 1. The lowest BCUT2D eigenvalue weighted by molar-refractivity contribution is -0.112. The van der Waals surface area contributed by atoms with E-state index in [0.717, 1.165) is 13.6 Å². The Hall–Kier alpha value is -3.23. The van der Waals surface area contributed by atoms with E-state index in [9.17, 15) is 10.1 Å². The van der Waals surface area contributed by atoms with Crippen molar-refractivity contribution in [3.63, 3.8) is 0 Å². The van der Waals surface area contributed by atoms with Crippen molar-refractivity contribution in [2.45, 2.75) is 13.5 Å². The molecule has 0 atom stereocenters. The standard InChI is InChI=1S/C26H20BrIN2O5/c1-2-32-24-11-17(8-18(13-29)26(31)30-20-5-3-4-19(27)12-20)9-21(28)25(24)33-14-16-6-7-22-23(10-16)35-15-34-22/h3-12H,2,14-15H2,1H3,(H,30,31)/b18-8-. The van der Waals surface area contributed by atoms with Crippen LogP contribution >= 0.6 is 38.5 Å². The van der Waals surface area contributed by atoms with Gasteiger partial charge >= 0.3 is 0 Å². The van der Waals surface area contributed by atoms with E-state index in [-0.39, 0.29) is 12.4 Å². The summed E-state index contributed by atoms with van der Waals surface area (Å²) >= 11 is 5.52. The second-order valence-corrected chi connectivity index (χ2v) is 9.45. The molecule has 3 aromatic carbocycles. The summed E-state index contributed by atoms with van der Waals surface area (Å²) in [6, 6.07) is 18.4. The van der Waals surface area contributed by atoms with Gasteiger partial charge in [-0.1, -0.05) is 28.1 Å². The van der Waals surface area contributed by atoms with Gasteiger partial charge in [0.1, 0.15) is 18.2 Å². The van der Waals surface area contributed by atoms with Crippen molar-refractivity contribution >= 4 is 56.2 Å². The summed E-state index contributed by atoms with van der Waals surface area (Å²) in [7, 11) is 0. The maximum Gasteiger partial charge on any atom is 0.266 e. The quantitative estimate of drug-likeness (QED) is 0.175. The van der Waals surface area contributed by atoms with Crippen LogP contribution < -0.4 is 24.3 Å². The third kappa shape index (κ3) is 6.26. The van der Waals surface area contributed by atoms with E-state index in [4.69, 9.17) is 18.9 Å². The van der Waals surface area contributed by atoms with Crippen molar-refractivity contribution in [2.75, 3.05) is 18.7 Å². The topological polar surface area (TPSA) is 89.8 Å². The molecular weight excluding hydrogens is 627 g/mol. The summed E-state index contributed by atoms with van der Waals surface area (Å²) in [5, 5.41) is 12.3. The zero-order chi connectivity index (χ0) is 24.8. The van der Waals surface area contributed by atoms with E-state index in [1.54, 1.807) is 24.3 Å². The number of nitrogens with zero attached hydrogens (tertiary/aromatic N) is 1. The van der Waals surface area contributed by atoms with Gasteiger partial charge in [-0.15, -0.1) is 0 Å². The van der Waals surface area contributed by atoms with Crippen molar-refractivity contribution in [3.05, 3.63) is 79.3 Å². The minimum absolute atomic E-state index is 0.0303. The third-order valence-electron chi connectivity index (χ3n) is 4.91. The largest absolute Gasteiger partial charge is 0.490 e. The predicted molar refractivity (Wildman–Crippen MR) is 144 cm³/mol. The minimum atomic E-state index is -0.498. The van der Waals surface area contributed by atoms with Crippen molar-refractivity contribution in [2.24, 2.45) is 0 Å². The SMILES string of the molecule is CCOc1cc(/C=C(/C#N)C(=O)Nc2cccc(Br)c2)cc(I)c1OCc1ccc2c(c1)OCO2. The van der Waals surface area contributed by atoms with Crippen LogP contribution in [0, 0.1) is 14.9 Å². The Morgan fingerprint density at radius 3 is 2.77 bits per heavy atom. The Morgan fingerprint density at radius 1 is 1.17 bits per heavy atom. The molecular formula is C26H20BrIN2O5. The van der Waals surface area contributed by atoms with Crippen LogP contribution in [0.5, 0.6) is 23.0 Å². The lowest BCUT2D eigenvalue weighted by Crippen LogP contribution is -2.13. The number of hydrogen-bond acceptors (Lipinski definition) is 6. The number of nitrogens with one attached hydrogen (secondary N) is 1.